The predicted molar refractivity (Wildman–Crippen MR) is 66.5 cm³/mol. The highest BCUT2D eigenvalue weighted by Gasteiger charge is 2.19. The van der Waals surface area contributed by atoms with E-state index in [9.17, 15) is 4.79 Å². The molecule has 1 aliphatic heterocycles. The van der Waals surface area contributed by atoms with E-state index >= 15 is 0 Å². The SMILES string of the molecule is CC1CCCCCN1c1cccc(C(=O)O)n1. The average molecular weight is 234 g/mol. The summed E-state index contributed by atoms with van der Waals surface area (Å²) < 4.78 is 0. The van der Waals surface area contributed by atoms with Crippen molar-refractivity contribution >= 4 is 11.8 Å². The lowest BCUT2D eigenvalue weighted by Gasteiger charge is -2.28. The van der Waals surface area contributed by atoms with Gasteiger partial charge >= 0.3 is 5.97 Å². The fraction of sp³-hybridized carbons (Fsp3) is 0.538. The molecule has 0 amide bonds. The second kappa shape index (κ2) is 5.17. The van der Waals surface area contributed by atoms with E-state index in [2.05, 4.69) is 16.8 Å². The number of anilines is 1. The predicted octanol–water partition coefficient (Wildman–Crippen LogP) is 2.55. The van der Waals surface area contributed by atoms with Crippen LogP contribution in [0.1, 0.15) is 43.1 Å². The molecular weight excluding hydrogens is 216 g/mol. The highest BCUT2D eigenvalue weighted by atomic mass is 16.4. The van der Waals surface area contributed by atoms with Crippen LogP contribution in [0.25, 0.3) is 0 Å². The van der Waals surface area contributed by atoms with Gasteiger partial charge in [0.2, 0.25) is 0 Å². The second-order valence-electron chi connectivity index (χ2n) is 4.58. The molecule has 0 aromatic carbocycles. The van der Waals surface area contributed by atoms with Crippen molar-refractivity contribution in [1.82, 2.24) is 4.98 Å². The Hall–Kier alpha value is -1.58. The summed E-state index contributed by atoms with van der Waals surface area (Å²) in [5.74, 6) is -0.173. The molecule has 17 heavy (non-hydrogen) atoms. The van der Waals surface area contributed by atoms with Crippen molar-refractivity contribution in [3.63, 3.8) is 0 Å². The van der Waals surface area contributed by atoms with Crippen LogP contribution in [0, 0.1) is 0 Å². The van der Waals surface area contributed by atoms with Gasteiger partial charge in [0.15, 0.2) is 5.69 Å². The largest absolute Gasteiger partial charge is 0.477 e. The van der Waals surface area contributed by atoms with Gasteiger partial charge in [0, 0.05) is 12.6 Å². The van der Waals surface area contributed by atoms with Crippen LogP contribution in [0.3, 0.4) is 0 Å². The summed E-state index contributed by atoms with van der Waals surface area (Å²) in [6, 6.07) is 5.64. The lowest BCUT2D eigenvalue weighted by molar-refractivity contribution is 0.0690. The number of aromatic carboxylic acids is 1. The molecule has 0 saturated carbocycles. The normalized spacial score (nSPS) is 21.0. The first kappa shape index (κ1) is 11.9. The smallest absolute Gasteiger partial charge is 0.354 e. The molecule has 1 N–H and O–H groups in total. The Balaban J connectivity index is 2.25. The number of carbonyl (C=O) groups is 1. The van der Waals surface area contributed by atoms with Gasteiger partial charge in [-0.15, -0.1) is 0 Å². The van der Waals surface area contributed by atoms with Gasteiger partial charge in [-0.3, -0.25) is 0 Å². The molecule has 1 saturated heterocycles. The Morgan fingerprint density at radius 2 is 2.24 bits per heavy atom. The molecule has 4 nitrogen and oxygen atoms in total. The number of rotatable bonds is 2. The molecule has 1 aromatic heterocycles. The van der Waals surface area contributed by atoms with E-state index in [1.165, 1.54) is 18.9 Å². The Bertz CT molecular complexity index is 406. The van der Waals surface area contributed by atoms with Gasteiger partial charge in [0.05, 0.1) is 0 Å². The maximum Gasteiger partial charge on any atom is 0.354 e. The summed E-state index contributed by atoms with van der Waals surface area (Å²) in [5.41, 5.74) is 0.124. The van der Waals surface area contributed by atoms with Crippen molar-refractivity contribution in [3.05, 3.63) is 23.9 Å². The van der Waals surface area contributed by atoms with Gasteiger partial charge in [-0.05, 0) is 31.9 Å². The lowest BCUT2D eigenvalue weighted by Crippen LogP contribution is -2.33. The third-order valence-corrected chi connectivity index (χ3v) is 3.30. The maximum absolute atomic E-state index is 10.9. The molecule has 1 unspecified atom stereocenters. The number of pyridine rings is 1. The number of carboxylic acids is 1. The van der Waals surface area contributed by atoms with Crippen molar-refractivity contribution in [2.45, 2.75) is 38.6 Å². The number of hydrogen-bond donors (Lipinski definition) is 1. The van der Waals surface area contributed by atoms with E-state index < -0.39 is 5.97 Å². The molecule has 0 aliphatic carbocycles. The number of nitrogens with zero attached hydrogens (tertiary/aromatic N) is 2. The fourth-order valence-electron chi connectivity index (χ4n) is 2.32. The summed E-state index contributed by atoms with van der Waals surface area (Å²) in [6.07, 6.45) is 4.80. The first-order valence-corrected chi connectivity index (χ1v) is 6.15. The third-order valence-electron chi connectivity index (χ3n) is 3.30. The molecular formula is C13H18N2O2. The van der Waals surface area contributed by atoms with Gasteiger partial charge in [-0.2, -0.15) is 0 Å². The molecule has 1 aromatic rings. The number of aromatic nitrogens is 1. The first-order chi connectivity index (χ1) is 8.18. The Kier molecular flexibility index (Phi) is 3.61. The second-order valence-corrected chi connectivity index (χ2v) is 4.58. The van der Waals surface area contributed by atoms with Gasteiger partial charge in [-0.25, -0.2) is 9.78 Å². The highest BCUT2D eigenvalue weighted by Crippen LogP contribution is 2.22. The van der Waals surface area contributed by atoms with E-state index in [4.69, 9.17) is 5.11 Å². The van der Waals surface area contributed by atoms with Crippen molar-refractivity contribution in [1.29, 1.82) is 0 Å². The maximum atomic E-state index is 10.9. The zero-order valence-corrected chi connectivity index (χ0v) is 10.1. The molecule has 2 heterocycles. The molecule has 4 heteroatoms. The van der Waals surface area contributed by atoms with Crippen LogP contribution in [0.2, 0.25) is 0 Å². The summed E-state index contributed by atoms with van der Waals surface area (Å²) in [5, 5.41) is 8.95. The Labute approximate surface area is 101 Å². The standard InChI is InChI=1S/C13H18N2O2/c1-10-6-3-2-4-9-15(10)12-8-5-7-11(14-12)13(16)17/h5,7-8,10H,2-4,6,9H2,1H3,(H,16,17). The quantitative estimate of drug-likeness (QED) is 0.854. The summed E-state index contributed by atoms with van der Waals surface area (Å²) in [4.78, 5) is 17.3. The van der Waals surface area contributed by atoms with Crippen LogP contribution in [-0.4, -0.2) is 28.6 Å². The van der Waals surface area contributed by atoms with Crippen LogP contribution in [0.4, 0.5) is 5.82 Å². The summed E-state index contributed by atoms with van der Waals surface area (Å²) in [7, 11) is 0. The van der Waals surface area contributed by atoms with E-state index in [0.717, 1.165) is 25.2 Å². The van der Waals surface area contributed by atoms with Gasteiger partial charge in [0.25, 0.3) is 0 Å². The molecule has 1 atom stereocenters. The third kappa shape index (κ3) is 2.75. The van der Waals surface area contributed by atoms with Crippen LogP contribution in [0.5, 0.6) is 0 Å². The Morgan fingerprint density at radius 3 is 3.00 bits per heavy atom. The molecule has 1 fully saturated rings. The van der Waals surface area contributed by atoms with Crippen LogP contribution < -0.4 is 4.90 Å². The summed E-state index contributed by atoms with van der Waals surface area (Å²) in [6.45, 7) is 3.15. The molecule has 0 radical (unpaired) electrons. The summed E-state index contributed by atoms with van der Waals surface area (Å²) >= 11 is 0. The van der Waals surface area contributed by atoms with E-state index in [1.54, 1.807) is 6.07 Å². The molecule has 2 rings (SSSR count). The van der Waals surface area contributed by atoms with Gasteiger partial charge in [0.1, 0.15) is 5.82 Å². The minimum Gasteiger partial charge on any atom is -0.477 e. The van der Waals surface area contributed by atoms with E-state index in [1.807, 2.05) is 6.07 Å². The molecule has 0 bridgehead atoms. The number of hydrogen-bond acceptors (Lipinski definition) is 3. The monoisotopic (exact) mass is 234 g/mol. The minimum atomic E-state index is -0.964. The van der Waals surface area contributed by atoms with E-state index in [-0.39, 0.29) is 5.69 Å². The first-order valence-electron chi connectivity index (χ1n) is 6.15. The molecule has 0 spiro atoms. The average Bonchev–Trinajstić information content (AvgIpc) is 2.54. The van der Waals surface area contributed by atoms with Crippen LogP contribution in [-0.2, 0) is 0 Å². The molecule has 92 valence electrons. The van der Waals surface area contributed by atoms with Crippen molar-refractivity contribution in [2.24, 2.45) is 0 Å². The van der Waals surface area contributed by atoms with Gasteiger partial charge in [-0.1, -0.05) is 18.9 Å². The fourth-order valence-corrected chi connectivity index (χ4v) is 2.32. The zero-order chi connectivity index (χ0) is 12.3. The topological polar surface area (TPSA) is 53.4 Å². The highest BCUT2D eigenvalue weighted by molar-refractivity contribution is 5.85. The number of carboxylic acid groups (broad SMARTS) is 1. The van der Waals surface area contributed by atoms with Crippen LogP contribution in [0.15, 0.2) is 18.2 Å². The molecule has 1 aliphatic rings. The Morgan fingerprint density at radius 1 is 1.41 bits per heavy atom. The minimum absolute atomic E-state index is 0.124. The van der Waals surface area contributed by atoms with Crippen molar-refractivity contribution in [3.8, 4) is 0 Å². The van der Waals surface area contributed by atoms with Crippen molar-refractivity contribution in [2.75, 3.05) is 11.4 Å². The van der Waals surface area contributed by atoms with Crippen molar-refractivity contribution < 1.29 is 9.90 Å². The van der Waals surface area contributed by atoms with E-state index in [0.29, 0.717) is 6.04 Å². The van der Waals surface area contributed by atoms with Crippen LogP contribution >= 0.6 is 0 Å². The van der Waals surface area contributed by atoms with Gasteiger partial charge < -0.3 is 10.0 Å². The lowest BCUT2D eigenvalue weighted by atomic mass is 10.1. The zero-order valence-electron chi connectivity index (χ0n) is 10.1.